The molecule has 2 amide bonds. The fraction of sp³-hybridized carbons (Fsp3) is 0.900. The minimum atomic E-state index is -0.970. The molecule has 0 aromatic rings. The van der Waals surface area contributed by atoms with Crippen LogP contribution in [0, 0.1) is 0 Å². The van der Waals surface area contributed by atoms with Crippen molar-refractivity contribution < 1.29 is 19.4 Å². The average molecular weight is 382 g/mol. The lowest BCUT2D eigenvalue weighted by molar-refractivity contribution is -0.142. The second kappa shape index (κ2) is 8.78. The number of aliphatic hydroxyl groups is 1. The predicted octanol–water partition coefficient (Wildman–Crippen LogP) is 1.84. The third kappa shape index (κ3) is 4.93. The van der Waals surface area contributed by atoms with Gasteiger partial charge in [-0.05, 0) is 39.8 Å². The van der Waals surface area contributed by atoms with Gasteiger partial charge in [0.25, 0.3) is 5.91 Å². The van der Waals surface area contributed by atoms with Gasteiger partial charge < -0.3 is 24.5 Å². The molecule has 1 N–H and O–H groups in total. The van der Waals surface area contributed by atoms with Gasteiger partial charge in [0.05, 0.1) is 6.54 Å². The van der Waals surface area contributed by atoms with Crippen LogP contribution in [0.1, 0.15) is 58.3 Å². The highest BCUT2D eigenvalue weighted by Gasteiger charge is 2.47. The van der Waals surface area contributed by atoms with Crippen LogP contribution in [0.5, 0.6) is 0 Å². The van der Waals surface area contributed by atoms with E-state index in [9.17, 15) is 14.7 Å². The third-order valence-electron chi connectivity index (χ3n) is 6.52. The SMILES string of the molecule is CC(O)C(=O)N1CCC2(CC1)CN(CCCN(C)C1CCCCC1)C(=O)O2. The van der Waals surface area contributed by atoms with Crippen LogP contribution < -0.4 is 0 Å². The van der Waals surface area contributed by atoms with Crippen LogP contribution in [0.25, 0.3) is 0 Å². The van der Waals surface area contributed by atoms with Crippen molar-refractivity contribution >= 4 is 12.0 Å². The molecule has 2 aliphatic heterocycles. The summed E-state index contributed by atoms with van der Waals surface area (Å²) < 4.78 is 5.74. The second-order valence-electron chi connectivity index (χ2n) is 8.60. The summed E-state index contributed by atoms with van der Waals surface area (Å²) in [6.07, 6.45) is 7.71. The molecular weight excluding hydrogens is 346 g/mol. The Morgan fingerprint density at radius 2 is 1.96 bits per heavy atom. The summed E-state index contributed by atoms with van der Waals surface area (Å²) in [5.41, 5.74) is -0.457. The molecule has 3 fully saturated rings. The fourth-order valence-electron chi connectivity index (χ4n) is 4.74. The van der Waals surface area contributed by atoms with E-state index in [-0.39, 0.29) is 12.0 Å². The number of carbonyl (C=O) groups is 2. The maximum absolute atomic E-state index is 12.3. The maximum atomic E-state index is 12.3. The van der Waals surface area contributed by atoms with Crippen molar-refractivity contribution in [3.63, 3.8) is 0 Å². The van der Waals surface area contributed by atoms with E-state index in [0.717, 1.165) is 19.5 Å². The lowest BCUT2D eigenvalue weighted by Gasteiger charge is -2.37. The monoisotopic (exact) mass is 381 g/mol. The molecule has 2 saturated heterocycles. The van der Waals surface area contributed by atoms with Crippen molar-refractivity contribution in [3.05, 3.63) is 0 Å². The van der Waals surface area contributed by atoms with Gasteiger partial charge >= 0.3 is 6.09 Å². The van der Waals surface area contributed by atoms with Gasteiger partial charge in [-0.2, -0.15) is 0 Å². The van der Waals surface area contributed by atoms with Crippen molar-refractivity contribution in [3.8, 4) is 0 Å². The first-order chi connectivity index (χ1) is 12.9. The Kier molecular flexibility index (Phi) is 6.63. The van der Waals surface area contributed by atoms with Gasteiger partial charge in [0.1, 0.15) is 11.7 Å². The van der Waals surface area contributed by atoms with Gasteiger partial charge in [-0.25, -0.2) is 4.79 Å². The molecule has 1 aliphatic carbocycles. The molecule has 154 valence electrons. The van der Waals surface area contributed by atoms with Crippen molar-refractivity contribution in [1.29, 1.82) is 0 Å². The zero-order chi connectivity index (χ0) is 19.4. The summed E-state index contributed by atoms with van der Waals surface area (Å²) in [4.78, 5) is 30.2. The molecule has 3 aliphatic rings. The highest BCUT2D eigenvalue weighted by molar-refractivity contribution is 5.80. The Morgan fingerprint density at radius 1 is 1.30 bits per heavy atom. The van der Waals surface area contributed by atoms with E-state index in [1.807, 2.05) is 4.90 Å². The molecule has 1 atom stereocenters. The van der Waals surface area contributed by atoms with E-state index < -0.39 is 11.7 Å². The lowest BCUT2D eigenvalue weighted by Crippen LogP contribution is -2.50. The third-order valence-corrected chi connectivity index (χ3v) is 6.52. The first-order valence-electron chi connectivity index (χ1n) is 10.6. The summed E-state index contributed by atoms with van der Waals surface area (Å²) in [5.74, 6) is -0.239. The van der Waals surface area contributed by atoms with E-state index in [0.29, 0.717) is 38.5 Å². The van der Waals surface area contributed by atoms with Crippen molar-refractivity contribution in [2.75, 3.05) is 39.8 Å². The first kappa shape index (κ1) is 20.4. The largest absolute Gasteiger partial charge is 0.441 e. The predicted molar refractivity (Wildman–Crippen MR) is 102 cm³/mol. The smallest absolute Gasteiger partial charge is 0.410 e. The van der Waals surface area contributed by atoms with Crippen LogP contribution in [0.4, 0.5) is 4.79 Å². The van der Waals surface area contributed by atoms with Gasteiger partial charge in [-0.3, -0.25) is 4.79 Å². The van der Waals surface area contributed by atoms with Crippen LogP contribution in [-0.2, 0) is 9.53 Å². The van der Waals surface area contributed by atoms with E-state index in [2.05, 4.69) is 11.9 Å². The van der Waals surface area contributed by atoms with E-state index >= 15 is 0 Å². The number of rotatable bonds is 6. The van der Waals surface area contributed by atoms with E-state index in [1.54, 1.807) is 4.90 Å². The fourth-order valence-corrected chi connectivity index (χ4v) is 4.74. The molecule has 0 bridgehead atoms. The van der Waals surface area contributed by atoms with Crippen LogP contribution in [0.3, 0.4) is 0 Å². The van der Waals surface area contributed by atoms with E-state index in [1.165, 1.54) is 39.0 Å². The standard InChI is InChI=1S/C20H35N3O4/c1-16(24)18(25)22-13-9-20(10-14-22)15-23(19(26)27-20)12-6-11-21(2)17-7-4-3-5-8-17/h16-17,24H,3-15H2,1-2H3. The van der Waals surface area contributed by atoms with Crippen LogP contribution >= 0.6 is 0 Å². The Bertz CT molecular complexity index is 525. The molecular formula is C20H35N3O4. The molecule has 0 aromatic heterocycles. The summed E-state index contributed by atoms with van der Waals surface area (Å²) in [5, 5.41) is 9.46. The van der Waals surface area contributed by atoms with Crippen LogP contribution in [0.15, 0.2) is 0 Å². The molecule has 7 heteroatoms. The molecule has 0 radical (unpaired) electrons. The number of hydrogen-bond donors (Lipinski definition) is 1. The minimum Gasteiger partial charge on any atom is -0.441 e. The number of likely N-dealkylation sites (tertiary alicyclic amines) is 1. The van der Waals surface area contributed by atoms with Gasteiger partial charge in [0.2, 0.25) is 0 Å². The van der Waals surface area contributed by atoms with E-state index in [4.69, 9.17) is 4.74 Å². The summed E-state index contributed by atoms with van der Waals surface area (Å²) in [7, 11) is 2.20. The van der Waals surface area contributed by atoms with Crippen LogP contribution in [0.2, 0.25) is 0 Å². The quantitative estimate of drug-likeness (QED) is 0.760. The molecule has 2 heterocycles. The number of hydrogen-bond acceptors (Lipinski definition) is 5. The van der Waals surface area contributed by atoms with Crippen LogP contribution in [-0.4, -0.2) is 89.3 Å². The first-order valence-corrected chi connectivity index (χ1v) is 10.6. The molecule has 3 rings (SSSR count). The Morgan fingerprint density at radius 3 is 2.59 bits per heavy atom. The Labute approximate surface area is 162 Å². The van der Waals surface area contributed by atoms with Crippen molar-refractivity contribution in [2.45, 2.75) is 76.0 Å². The number of ether oxygens (including phenoxy) is 1. The Balaban J connectivity index is 1.42. The molecule has 1 saturated carbocycles. The van der Waals surface area contributed by atoms with Crippen molar-refractivity contribution in [1.82, 2.24) is 14.7 Å². The zero-order valence-corrected chi connectivity index (χ0v) is 16.9. The highest BCUT2D eigenvalue weighted by Crippen LogP contribution is 2.33. The van der Waals surface area contributed by atoms with Crippen molar-refractivity contribution in [2.24, 2.45) is 0 Å². The maximum Gasteiger partial charge on any atom is 0.410 e. The number of amides is 2. The van der Waals surface area contributed by atoms with Gasteiger partial charge in [-0.15, -0.1) is 0 Å². The highest BCUT2D eigenvalue weighted by atomic mass is 16.6. The number of nitrogens with zero attached hydrogens (tertiary/aromatic N) is 3. The summed E-state index contributed by atoms with van der Waals surface area (Å²) in [6, 6.07) is 0.700. The summed E-state index contributed by atoms with van der Waals surface area (Å²) >= 11 is 0. The number of aliphatic hydroxyl groups excluding tert-OH is 1. The zero-order valence-electron chi connectivity index (χ0n) is 16.9. The second-order valence-corrected chi connectivity index (χ2v) is 8.60. The molecule has 1 spiro atoms. The van der Waals surface area contributed by atoms with Gasteiger partial charge in [0, 0.05) is 38.5 Å². The molecule has 27 heavy (non-hydrogen) atoms. The van der Waals surface area contributed by atoms with Gasteiger partial charge in [0.15, 0.2) is 0 Å². The minimum absolute atomic E-state index is 0.217. The summed E-state index contributed by atoms with van der Waals surface area (Å²) in [6.45, 7) is 4.93. The average Bonchev–Trinajstić information content (AvgIpc) is 2.97. The topological polar surface area (TPSA) is 73.3 Å². The normalized spacial score (nSPS) is 24.5. The Hall–Kier alpha value is -1.34. The molecule has 0 aromatic carbocycles. The molecule has 7 nitrogen and oxygen atoms in total. The number of piperidine rings is 1. The molecule has 1 unspecified atom stereocenters. The number of carbonyl (C=O) groups excluding carboxylic acids is 2. The lowest BCUT2D eigenvalue weighted by atomic mass is 9.91. The van der Waals surface area contributed by atoms with Gasteiger partial charge in [-0.1, -0.05) is 19.3 Å².